The fourth-order valence-corrected chi connectivity index (χ4v) is 2.08. The molecule has 2 aromatic carbocycles. The van der Waals surface area contributed by atoms with E-state index in [0.717, 1.165) is 6.42 Å². The molecule has 0 bridgehead atoms. The number of hydrogen-bond donors (Lipinski definition) is 0. The molecule has 1 aliphatic carbocycles. The summed E-state index contributed by atoms with van der Waals surface area (Å²) in [6.07, 6.45) is 1.10. The Bertz CT molecular complexity index is 449. The highest BCUT2D eigenvalue weighted by Gasteiger charge is 2.15. The van der Waals surface area contributed by atoms with Crippen molar-refractivity contribution < 1.29 is 0 Å². The van der Waals surface area contributed by atoms with Crippen molar-refractivity contribution in [3.63, 3.8) is 0 Å². The predicted octanol–water partition coefficient (Wildman–Crippen LogP) is 4.73. The fourth-order valence-electron chi connectivity index (χ4n) is 2.08. The average molecular weight is 223 g/mol. The lowest BCUT2D eigenvalue weighted by Gasteiger charge is -1.98. The summed E-state index contributed by atoms with van der Waals surface area (Å²) < 4.78 is 0. The first-order chi connectivity index (χ1) is 8.18. The van der Waals surface area contributed by atoms with Crippen molar-refractivity contribution in [2.45, 2.75) is 20.3 Å². The number of benzene rings is 2. The maximum Gasteiger partial charge on any atom is -0.00135 e. The smallest absolute Gasteiger partial charge is 0.00135 e. The molecular weight excluding hydrogens is 204 g/mol. The van der Waals surface area contributed by atoms with Crippen LogP contribution in [0.2, 0.25) is 0 Å². The molecule has 0 atom stereocenters. The van der Waals surface area contributed by atoms with Gasteiger partial charge in [0.15, 0.2) is 0 Å². The van der Waals surface area contributed by atoms with E-state index in [-0.39, 0.29) is 0 Å². The summed E-state index contributed by atoms with van der Waals surface area (Å²) in [6.45, 7) is 7.75. The molecule has 0 unspecified atom stereocenters. The molecular formula is C17H19. The van der Waals surface area contributed by atoms with Crippen LogP contribution in [0.15, 0.2) is 48.5 Å². The summed E-state index contributed by atoms with van der Waals surface area (Å²) >= 11 is 0. The Balaban J connectivity index is 0.000000239. The normalized spacial score (nSPS) is 11.5. The second-order valence-electron chi connectivity index (χ2n) is 4.88. The average Bonchev–Trinajstić information content (AvgIpc) is 2.66. The molecule has 0 saturated carbocycles. The van der Waals surface area contributed by atoms with Crippen LogP contribution >= 0.6 is 0 Å². The van der Waals surface area contributed by atoms with E-state index < -0.39 is 0 Å². The van der Waals surface area contributed by atoms with Crippen molar-refractivity contribution in [1.29, 1.82) is 0 Å². The third kappa shape index (κ3) is 2.76. The van der Waals surface area contributed by atoms with Crippen LogP contribution in [0.5, 0.6) is 0 Å². The van der Waals surface area contributed by atoms with Gasteiger partial charge in [0, 0.05) is 0 Å². The van der Waals surface area contributed by atoms with Gasteiger partial charge in [-0.15, -0.1) is 0 Å². The zero-order valence-electron chi connectivity index (χ0n) is 10.6. The quantitative estimate of drug-likeness (QED) is 0.516. The molecule has 0 spiro atoms. The van der Waals surface area contributed by atoms with E-state index in [0.29, 0.717) is 5.92 Å². The SMILES string of the molecule is [CH2]C(C)C.c1ccc2c(c1)Cc1ccccc1-2. The standard InChI is InChI=1S/C13H10.C4H9/c1-3-7-12-10(5-1)9-11-6-2-4-8-13(11)12;1-4(2)3/h1-8H,9H2;4H,1H2,2-3H3. The van der Waals surface area contributed by atoms with Crippen molar-refractivity contribution in [2.24, 2.45) is 5.92 Å². The summed E-state index contributed by atoms with van der Waals surface area (Å²) in [7, 11) is 0. The van der Waals surface area contributed by atoms with Gasteiger partial charge in [-0.2, -0.15) is 0 Å². The zero-order chi connectivity index (χ0) is 12.3. The third-order valence-corrected chi connectivity index (χ3v) is 2.71. The topological polar surface area (TPSA) is 0 Å². The van der Waals surface area contributed by atoms with Crippen molar-refractivity contribution in [3.8, 4) is 11.1 Å². The molecule has 0 N–H and O–H groups in total. The van der Waals surface area contributed by atoms with Gasteiger partial charge in [-0.25, -0.2) is 0 Å². The molecule has 2 aromatic rings. The lowest BCUT2D eigenvalue weighted by molar-refractivity contribution is 0.827. The maximum absolute atomic E-state index is 3.64. The lowest BCUT2D eigenvalue weighted by atomic mass is 10.1. The highest BCUT2D eigenvalue weighted by molar-refractivity contribution is 5.76. The molecule has 0 heterocycles. The van der Waals surface area contributed by atoms with E-state index in [2.05, 4.69) is 69.3 Å². The Hall–Kier alpha value is -1.56. The fraction of sp³-hybridized carbons (Fsp3) is 0.235. The minimum absolute atomic E-state index is 0.583. The number of fused-ring (bicyclic) bond motifs is 3. The minimum Gasteiger partial charge on any atom is -0.0628 e. The molecule has 1 radical (unpaired) electrons. The molecule has 0 aliphatic heterocycles. The zero-order valence-corrected chi connectivity index (χ0v) is 10.6. The molecule has 17 heavy (non-hydrogen) atoms. The van der Waals surface area contributed by atoms with Gasteiger partial charge in [0.05, 0.1) is 0 Å². The highest BCUT2D eigenvalue weighted by Crippen LogP contribution is 2.35. The van der Waals surface area contributed by atoms with Crippen molar-refractivity contribution in [2.75, 3.05) is 0 Å². The van der Waals surface area contributed by atoms with Crippen LogP contribution in [0.25, 0.3) is 11.1 Å². The van der Waals surface area contributed by atoms with Crippen LogP contribution in [0, 0.1) is 12.8 Å². The largest absolute Gasteiger partial charge is 0.0628 e. The number of rotatable bonds is 0. The van der Waals surface area contributed by atoms with Crippen LogP contribution in [0.4, 0.5) is 0 Å². The summed E-state index contributed by atoms with van der Waals surface area (Å²) in [6, 6.07) is 17.3. The third-order valence-electron chi connectivity index (χ3n) is 2.71. The van der Waals surface area contributed by atoms with E-state index in [1.54, 1.807) is 0 Å². The van der Waals surface area contributed by atoms with Gasteiger partial charge in [-0.3, -0.25) is 0 Å². The molecule has 0 nitrogen and oxygen atoms in total. The summed E-state index contributed by atoms with van der Waals surface area (Å²) in [4.78, 5) is 0. The van der Waals surface area contributed by atoms with Crippen LogP contribution in [0.3, 0.4) is 0 Å². The predicted molar refractivity (Wildman–Crippen MR) is 74.9 cm³/mol. The second-order valence-corrected chi connectivity index (χ2v) is 4.88. The van der Waals surface area contributed by atoms with Gasteiger partial charge in [-0.1, -0.05) is 69.3 Å². The molecule has 87 valence electrons. The summed E-state index contributed by atoms with van der Waals surface area (Å²) in [5, 5.41) is 0. The van der Waals surface area contributed by atoms with Crippen LogP contribution in [-0.4, -0.2) is 0 Å². The van der Waals surface area contributed by atoms with E-state index in [1.165, 1.54) is 22.3 Å². The van der Waals surface area contributed by atoms with Gasteiger partial charge in [-0.05, 0) is 34.6 Å². The van der Waals surface area contributed by atoms with Crippen LogP contribution in [-0.2, 0) is 6.42 Å². The van der Waals surface area contributed by atoms with E-state index in [4.69, 9.17) is 0 Å². The first-order valence-corrected chi connectivity index (χ1v) is 6.17. The first kappa shape index (κ1) is 11.9. The van der Waals surface area contributed by atoms with Crippen molar-refractivity contribution in [1.82, 2.24) is 0 Å². The lowest BCUT2D eigenvalue weighted by Crippen LogP contribution is -1.77. The van der Waals surface area contributed by atoms with E-state index >= 15 is 0 Å². The Morgan fingerprint density at radius 3 is 1.59 bits per heavy atom. The van der Waals surface area contributed by atoms with E-state index in [9.17, 15) is 0 Å². The number of hydrogen-bond acceptors (Lipinski definition) is 0. The highest BCUT2D eigenvalue weighted by atomic mass is 14.2. The minimum atomic E-state index is 0.583. The Kier molecular flexibility index (Phi) is 3.63. The summed E-state index contributed by atoms with van der Waals surface area (Å²) in [5.74, 6) is 0.583. The van der Waals surface area contributed by atoms with Gasteiger partial charge >= 0.3 is 0 Å². The molecule has 0 amide bonds. The monoisotopic (exact) mass is 223 g/mol. The molecule has 0 aromatic heterocycles. The van der Waals surface area contributed by atoms with Crippen LogP contribution in [0.1, 0.15) is 25.0 Å². The molecule has 0 heteroatoms. The molecule has 0 saturated heterocycles. The molecule has 0 fully saturated rings. The molecule has 3 rings (SSSR count). The Labute approximate surface area is 104 Å². The van der Waals surface area contributed by atoms with Crippen molar-refractivity contribution >= 4 is 0 Å². The van der Waals surface area contributed by atoms with Gasteiger partial charge in [0.2, 0.25) is 0 Å². The van der Waals surface area contributed by atoms with E-state index in [1.807, 2.05) is 0 Å². The van der Waals surface area contributed by atoms with Gasteiger partial charge < -0.3 is 0 Å². The molecule has 1 aliphatic rings. The van der Waals surface area contributed by atoms with Gasteiger partial charge in [0.1, 0.15) is 0 Å². The van der Waals surface area contributed by atoms with Gasteiger partial charge in [0.25, 0.3) is 0 Å². The van der Waals surface area contributed by atoms with Crippen LogP contribution < -0.4 is 0 Å². The Morgan fingerprint density at radius 2 is 1.18 bits per heavy atom. The second kappa shape index (κ2) is 5.18. The maximum atomic E-state index is 3.64. The summed E-state index contributed by atoms with van der Waals surface area (Å²) in [5.41, 5.74) is 5.75. The van der Waals surface area contributed by atoms with Crippen molar-refractivity contribution in [3.05, 3.63) is 66.6 Å². The Morgan fingerprint density at radius 1 is 0.824 bits per heavy atom. The first-order valence-electron chi connectivity index (χ1n) is 6.17.